The minimum atomic E-state index is -5.52. The summed E-state index contributed by atoms with van der Waals surface area (Å²) in [5.74, 6) is 1.53. The normalized spacial score (nSPS) is 12.5. The van der Waals surface area contributed by atoms with Crippen LogP contribution in [0.4, 0.5) is 26.3 Å². The lowest BCUT2D eigenvalue weighted by Gasteiger charge is -2.22. The fourth-order valence-electron chi connectivity index (χ4n) is 4.76. The predicted octanol–water partition coefficient (Wildman–Crippen LogP) is 10.8. The summed E-state index contributed by atoms with van der Waals surface area (Å²) in [7, 11) is -5.62. The van der Waals surface area contributed by atoms with Crippen molar-refractivity contribution in [2.75, 3.05) is 0 Å². The van der Waals surface area contributed by atoms with Crippen LogP contribution in [-0.2, 0) is 33.4 Å². The topological polar surface area (TPSA) is 57.2 Å². The van der Waals surface area contributed by atoms with Crippen LogP contribution >= 0.6 is 0 Å². The fourth-order valence-corrected chi connectivity index (χ4v) is 8.10. The van der Waals surface area contributed by atoms with E-state index in [1.54, 1.807) is 0 Å². The first-order chi connectivity index (χ1) is 21.2. The van der Waals surface area contributed by atoms with Crippen molar-refractivity contribution in [2.24, 2.45) is 0 Å². The number of halogens is 6. The lowest BCUT2D eigenvalue weighted by atomic mass is 9.89. The van der Waals surface area contributed by atoms with E-state index < -0.39 is 44.6 Å². The lowest BCUT2D eigenvalue weighted by Crippen LogP contribution is -2.15. The van der Waals surface area contributed by atoms with Gasteiger partial charge in [-0.1, -0.05) is 90.1 Å². The van der Waals surface area contributed by atoms with Crippen LogP contribution in [0.3, 0.4) is 0 Å². The maximum Gasteiger partial charge on any atom is 0.417 e. The maximum absolute atomic E-state index is 12.4. The van der Waals surface area contributed by atoms with Gasteiger partial charge in [-0.25, -0.2) is 8.42 Å². The van der Waals surface area contributed by atoms with Gasteiger partial charge < -0.3 is 4.55 Å². The average Bonchev–Trinajstić information content (AvgIpc) is 2.96. The van der Waals surface area contributed by atoms with Crippen molar-refractivity contribution < 1.29 is 39.3 Å². The van der Waals surface area contributed by atoms with Crippen LogP contribution in [-0.4, -0.2) is 13.0 Å². The van der Waals surface area contributed by atoms with Gasteiger partial charge in [0.05, 0.1) is 26.9 Å². The van der Waals surface area contributed by atoms with Crippen LogP contribution in [0.1, 0.15) is 87.1 Å². The summed E-state index contributed by atoms with van der Waals surface area (Å²) >= 11 is 0. The minimum Gasteiger partial charge on any atom is -0.744 e. The molecule has 0 aromatic heterocycles. The smallest absolute Gasteiger partial charge is 0.417 e. The Morgan fingerprint density at radius 3 is 1.37 bits per heavy atom. The molecule has 0 N–H and O–H groups in total. The van der Waals surface area contributed by atoms with Crippen molar-refractivity contribution in [3.63, 3.8) is 0 Å². The second-order valence-corrected chi connectivity index (χ2v) is 14.9. The van der Waals surface area contributed by atoms with Gasteiger partial charge in [-0.3, -0.25) is 0 Å². The van der Waals surface area contributed by atoms with Gasteiger partial charge in [-0.2, -0.15) is 26.3 Å². The molecule has 248 valence electrons. The Morgan fingerprint density at radius 2 is 1.04 bits per heavy atom. The first-order valence-corrected chi connectivity index (χ1v) is 17.1. The molecule has 11 heteroatoms. The summed E-state index contributed by atoms with van der Waals surface area (Å²) < 4.78 is 105. The molecule has 0 aliphatic heterocycles. The van der Waals surface area contributed by atoms with Crippen LogP contribution in [0.25, 0.3) is 0 Å². The van der Waals surface area contributed by atoms with Crippen molar-refractivity contribution in [1.82, 2.24) is 0 Å². The molecule has 0 radical (unpaired) electrons. The van der Waals surface area contributed by atoms with Gasteiger partial charge in [0.2, 0.25) is 0 Å². The molecule has 3 nitrogen and oxygen atoms in total. The Morgan fingerprint density at radius 1 is 0.609 bits per heavy atom. The number of rotatable bonds is 7. The van der Waals surface area contributed by atoms with Gasteiger partial charge in [0.15, 0.2) is 14.7 Å². The van der Waals surface area contributed by atoms with Crippen LogP contribution < -0.4 is 0 Å². The third-order valence-corrected chi connectivity index (χ3v) is 10.4. The molecule has 4 aromatic rings. The summed E-state index contributed by atoms with van der Waals surface area (Å²) in [6, 6.07) is 26.7. The average molecular weight is 683 g/mol. The Hall–Kier alpha value is -3.28. The molecule has 0 saturated heterocycles. The molecule has 0 aliphatic carbocycles. The van der Waals surface area contributed by atoms with E-state index in [1.807, 2.05) is 0 Å². The van der Waals surface area contributed by atoms with E-state index in [0.717, 1.165) is 0 Å². The molecule has 0 fully saturated rings. The molecule has 0 spiro atoms. The second-order valence-electron chi connectivity index (χ2n) is 11.6. The highest BCUT2D eigenvalue weighted by atomic mass is 32.2. The third kappa shape index (κ3) is 9.17. The molecule has 0 saturated carbocycles. The van der Waals surface area contributed by atoms with Gasteiger partial charge >= 0.3 is 12.4 Å². The number of alkyl halides is 6. The van der Waals surface area contributed by atoms with E-state index in [1.165, 1.54) is 31.4 Å². The van der Waals surface area contributed by atoms with Gasteiger partial charge in [0.25, 0.3) is 0 Å². The summed E-state index contributed by atoms with van der Waals surface area (Å²) in [6.45, 7) is 14.0. The van der Waals surface area contributed by atoms with Gasteiger partial charge in [0, 0.05) is 11.1 Å². The molecule has 0 atom stereocenters. The van der Waals surface area contributed by atoms with Crippen molar-refractivity contribution in [2.45, 2.75) is 91.2 Å². The molecule has 0 unspecified atom stereocenters. The van der Waals surface area contributed by atoms with Gasteiger partial charge in [-0.15, -0.1) is 0 Å². The van der Waals surface area contributed by atoms with Crippen molar-refractivity contribution in [3.05, 3.63) is 119 Å². The van der Waals surface area contributed by atoms with Crippen LogP contribution in [0, 0.1) is 0 Å². The third-order valence-electron chi connectivity index (χ3n) is 7.12. The van der Waals surface area contributed by atoms with Crippen molar-refractivity contribution >= 4 is 21.0 Å². The summed E-state index contributed by atoms with van der Waals surface area (Å²) in [4.78, 5) is 2.60. The summed E-state index contributed by atoms with van der Waals surface area (Å²) in [6.07, 6.45) is -10.5. The number of hydrogen-bond donors (Lipinski definition) is 0. The molecule has 0 amide bonds. The lowest BCUT2D eigenvalue weighted by molar-refractivity contribution is -0.144. The molecular weight excluding hydrogens is 647 g/mol. The Labute approximate surface area is 269 Å². The summed E-state index contributed by atoms with van der Waals surface area (Å²) in [5.41, 5.74) is 0.646. The van der Waals surface area contributed by atoms with E-state index in [-0.39, 0.29) is 23.0 Å². The van der Waals surface area contributed by atoms with Crippen LogP contribution in [0.5, 0.6) is 0 Å². The highest BCUT2D eigenvalue weighted by Crippen LogP contribution is 2.42. The first kappa shape index (κ1) is 37.2. The molecule has 0 heterocycles. The Balaban J connectivity index is 0.000000277. The van der Waals surface area contributed by atoms with Crippen molar-refractivity contribution in [3.8, 4) is 0 Å². The highest BCUT2D eigenvalue weighted by molar-refractivity contribution is 7.97. The quantitative estimate of drug-likeness (QED) is 0.111. The van der Waals surface area contributed by atoms with E-state index in [2.05, 4.69) is 114 Å². The monoisotopic (exact) mass is 682 g/mol. The van der Waals surface area contributed by atoms with E-state index in [9.17, 15) is 39.3 Å². The highest BCUT2D eigenvalue weighted by Gasteiger charge is 2.39. The van der Waals surface area contributed by atoms with Crippen LogP contribution in [0.2, 0.25) is 0 Å². The molecule has 0 aliphatic rings. The SMILES string of the molecule is CC(C)c1cc(C(C)C)c([S+](c2ccccc2)c2ccccc2)c(C(C)C)c1.O=S(=O)([O-])c1ccc(C(F)(F)F)cc1C(F)(F)F. The minimum absolute atomic E-state index is 0.00597. The zero-order chi connectivity index (χ0) is 34.6. The zero-order valence-electron chi connectivity index (χ0n) is 26.2. The second kappa shape index (κ2) is 14.6. The Kier molecular flexibility index (Phi) is 11.8. The number of benzene rings is 4. The predicted molar refractivity (Wildman–Crippen MR) is 168 cm³/mol. The van der Waals surface area contributed by atoms with Crippen LogP contribution in [0.15, 0.2) is 111 Å². The van der Waals surface area contributed by atoms with Gasteiger partial charge in [0.1, 0.15) is 10.1 Å². The van der Waals surface area contributed by atoms with Crippen molar-refractivity contribution in [1.29, 1.82) is 0 Å². The van der Waals surface area contributed by atoms with E-state index in [0.29, 0.717) is 17.8 Å². The fraction of sp³-hybridized carbons (Fsp3) is 0.314. The standard InChI is InChI=1S/C27H33S.C8H4F6O3S/c1-19(2)22-17-25(20(3)4)27(26(18-22)21(5)6)28(23-13-9-7-10-14-23)24-15-11-8-12-16-24;9-7(10,11)4-1-2-6(18(15,16)17)5(3-4)8(12,13)14/h7-21H,1-6H3;1-3H,(H,15,16,17)/q+1;/p-1. The number of hydrogen-bond acceptors (Lipinski definition) is 3. The first-order valence-electron chi connectivity index (χ1n) is 14.5. The molecule has 46 heavy (non-hydrogen) atoms. The largest absolute Gasteiger partial charge is 0.744 e. The molecule has 0 bridgehead atoms. The van der Waals surface area contributed by atoms with E-state index in [4.69, 9.17) is 0 Å². The maximum atomic E-state index is 12.4. The van der Waals surface area contributed by atoms with Gasteiger partial charge in [-0.05, 0) is 65.8 Å². The molecular formula is C35H36F6O3S2. The molecule has 4 aromatic carbocycles. The Bertz CT molecular complexity index is 1650. The molecule has 4 rings (SSSR count). The van der Waals surface area contributed by atoms with E-state index >= 15 is 0 Å². The summed E-state index contributed by atoms with van der Waals surface area (Å²) in [5, 5.41) is 0. The zero-order valence-corrected chi connectivity index (χ0v) is 27.8.